The van der Waals surface area contributed by atoms with E-state index in [-0.39, 0.29) is 0 Å². The van der Waals surface area contributed by atoms with Crippen LogP contribution in [-0.2, 0) is 0 Å². The second-order valence-electron chi connectivity index (χ2n) is 4.75. The Kier molecular flexibility index (Phi) is 3.94. The summed E-state index contributed by atoms with van der Waals surface area (Å²) in [6.45, 7) is 0.685. The van der Waals surface area contributed by atoms with E-state index in [0.717, 1.165) is 17.1 Å². The quantitative estimate of drug-likeness (QED) is 0.875. The third-order valence-corrected chi connectivity index (χ3v) is 4.86. The molecule has 0 aromatic heterocycles. The fourth-order valence-electron chi connectivity index (χ4n) is 2.30. The van der Waals surface area contributed by atoms with E-state index in [2.05, 4.69) is 24.3 Å². The Morgan fingerprint density at radius 1 is 1.25 bits per heavy atom. The molecule has 102 valence electrons. The van der Waals surface area contributed by atoms with Gasteiger partial charge in [0, 0.05) is 22.1 Å². The van der Waals surface area contributed by atoms with Crippen LogP contribution in [0.3, 0.4) is 0 Å². The average Bonchev–Trinajstić information content (AvgIpc) is 2.89. The molecular weight excluding hydrogens is 286 g/mol. The molecule has 0 spiro atoms. The van der Waals surface area contributed by atoms with Crippen LogP contribution in [0.1, 0.15) is 17.0 Å². The van der Waals surface area contributed by atoms with E-state index in [1.54, 1.807) is 0 Å². The van der Waals surface area contributed by atoms with Gasteiger partial charge in [-0.2, -0.15) is 0 Å². The number of rotatable bonds is 4. The first-order valence-corrected chi connectivity index (χ1v) is 7.88. The minimum Gasteiger partial charge on any atom is -0.493 e. The zero-order chi connectivity index (χ0) is 13.9. The van der Waals surface area contributed by atoms with Crippen molar-refractivity contribution in [2.24, 2.45) is 5.73 Å². The summed E-state index contributed by atoms with van der Waals surface area (Å²) in [5.74, 6) is 2.35. The lowest BCUT2D eigenvalue weighted by molar-refractivity contribution is 0.298. The molecule has 3 rings (SSSR count). The molecule has 2 nitrogen and oxygen atoms in total. The summed E-state index contributed by atoms with van der Waals surface area (Å²) in [5, 5.41) is 0. The highest BCUT2D eigenvalue weighted by molar-refractivity contribution is 7.99. The van der Waals surface area contributed by atoms with E-state index in [1.807, 2.05) is 36.0 Å². The molecule has 2 N–H and O–H groups in total. The van der Waals surface area contributed by atoms with Gasteiger partial charge in [-0.25, -0.2) is 0 Å². The molecule has 1 aliphatic rings. The monoisotopic (exact) mass is 301 g/mol. The molecule has 0 aliphatic carbocycles. The fraction of sp³-hybridized carbons (Fsp3) is 0.188. The van der Waals surface area contributed by atoms with Crippen LogP contribution in [0.2, 0.25) is 0 Å². The van der Waals surface area contributed by atoms with Crippen molar-refractivity contribution in [2.45, 2.75) is 10.8 Å². The Bertz CT molecular complexity index is 642. The van der Waals surface area contributed by atoms with Gasteiger partial charge in [0.25, 0.3) is 0 Å². The number of hydrogen-bond donors (Lipinski definition) is 1. The molecule has 1 atom stereocenters. The van der Waals surface area contributed by atoms with Gasteiger partial charge in [-0.3, -0.25) is 0 Å². The van der Waals surface area contributed by atoms with Gasteiger partial charge < -0.3 is 10.5 Å². The Morgan fingerprint density at radius 2 is 2.10 bits per heavy atom. The Morgan fingerprint density at radius 3 is 2.95 bits per heavy atom. The number of thiocarbonyl (C=S) groups is 1. The zero-order valence-corrected chi connectivity index (χ0v) is 12.5. The largest absolute Gasteiger partial charge is 0.493 e. The molecule has 0 fully saturated rings. The van der Waals surface area contributed by atoms with Crippen LogP contribution in [0.25, 0.3) is 0 Å². The highest BCUT2D eigenvalue weighted by Gasteiger charge is 2.23. The van der Waals surface area contributed by atoms with Crippen LogP contribution >= 0.6 is 24.0 Å². The molecule has 0 bridgehead atoms. The molecule has 4 heteroatoms. The average molecular weight is 301 g/mol. The van der Waals surface area contributed by atoms with E-state index < -0.39 is 0 Å². The summed E-state index contributed by atoms with van der Waals surface area (Å²) in [4.78, 5) is 1.77. The lowest BCUT2D eigenvalue weighted by Gasteiger charge is -2.13. The highest BCUT2D eigenvalue weighted by Crippen LogP contribution is 2.39. The van der Waals surface area contributed by atoms with Crippen LogP contribution in [0.15, 0.2) is 53.4 Å². The third-order valence-electron chi connectivity index (χ3n) is 3.37. The summed E-state index contributed by atoms with van der Waals surface area (Å²) in [6, 6.07) is 16.2. The molecule has 1 unspecified atom stereocenters. The van der Waals surface area contributed by atoms with Gasteiger partial charge in [0.05, 0.1) is 6.61 Å². The van der Waals surface area contributed by atoms with E-state index in [0.29, 0.717) is 17.5 Å². The molecule has 2 aromatic carbocycles. The first kappa shape index (κ1) is 13.5. The van der Waals surface area contributed by atoms with Gasteiger partial charge in [-0.15, -0.1) is 11.8 Å². The van der Waals surface area contributed by atoms with Gasteiger partial charge >= 0.3 is 0 Å². The maximum Gasteiger partial charge on any atom is 0.120 e. The topological polar surface area (TPSA) is 35.2 Å². The van der Waals surface area contributed by atoms with Gasteiger partial charge in [0.2, 0.25) is 0 Å². The molecule has 0 radical (unpaired) electrons. The molecule has 20 heavy (non-hydrogen) atoms. The van der Waals surface area contributed by atoms with Crippen LogP contribution in [0, 0.1) is 0 Å². The van der Waals surface area contributed by atoms with Crippen LogP contribution in [0.4, 0.5) is 0 Å². The van der Waals surface area contributed by atoms with Gasteiger partial charge in [-0.1, -0.05) is 42.5 Å². The standard InChI is InChI=1S/C16H15NOS2/c17-16(19)11-4-3-5-13(8-11)18-9-12-10-20-15-7-2-1-6-14(12)15/h1-8,12H,9-10H2,(H2,17,19). The Balaban J connectivity index is 1.69. The summed E-state index contributed by atoms with van der Waals surface area (Å²) >= 11 is 6.88. The zero-order valence-electron chi connectivity index (χ0n) is 10.9. The van der Waals surface area contributed by atoms with E-state index in [1.165, 1.54) is 10.5 Å². The fourth-order valence-corrected chi connectivity index (χ4v) is 3.66. The van der Waals surface area contributed by atoms with Crippen molar-refractivity contribution < 1.29 is 4.74 Å². The SMILES string of the molecule is NC(=S)c1cccc(OCC2CSc3ccccc32)c1. The molecule has 1 aliphatic heterocycles. The lowest BCUT2D eigenvalue weighted by Crippen LogP contribution is -2.11. The molecule has 1 heterocycles. The Hall–Kier alpha value is -1.52. The summed E-state index contributed by atoms with van der Waals surface area (Å²) in [5.41, 5.74) is 7.87. The molecule has 2 aromatic rings. The highest BCUT2D eigenvalue weighted by atomic mass is 32.2. The minimum absolute atomic E-state index is 0.400. The van der Waals surface area contributed by atoms with Crippen molar-refractivity contribution in [3.63, 3.8) is 0 Å². The molecular formula is C16H15NOS2. The van der Waals surface area contributed by atoms with Crippen molar-refractivity contribution in [2.75, 3.05) is 12.4 Å². The normalized spacial score (nSPS) is 16.7. The van der Waals surface area contributed by atoms with Crippen LogP contribution < -0.4 is 10.5 Å². The molecule has 0 saturated heterocycles. The summed E-state index contributed by atoms with van der Waals surface area (Å²) in [6.07, 6.45) is 0. The van der Waals surface area contributed by atoms with Crippen molar-refractivity contribution in [3.8, 4) is 5.75 Å². The first-order chi connectivity index (χ1) is 9.74. The predicted octanol–water partition coefficient (Wildman–Crippen LogP) is 3.59. The van der Waals surface area contributed by atoms with Gasteiger partial charge in [0.15, 0.2) is 0 Å². The van der Waals surface area contributed by atoms with Crippen molar-refractivity contribution in [3.05, 3.63) is 59.7 Å². The van der Waals surface area contributed by atoms with Crippen molar-refractivity contribution in [1.29, 1.82) is 0 Å². The first-order valence-electron chi connectivity index (χ1n) is 6.48. The van der Waals surface area contributed by atoms with Gasteiger partial charge in [-0.05, 0) is 23.8 Å². The van der Waals surface area contributed by atoms with Crippen LogP contribution in [-0.4, -0.2) is 17.3 Å². The number of nitrogens with two attached hydrogens (primary N) is 1. The predicted molar refractivity (Wildman–Crippen MR) is 87.7 cm³/mol. The lowest BCUT2D eigenvalue weighted by atomic mass is 10.0. The van der Waals surface area contributed by atoms with E-state index in [9.17, 15) is 0 Å². The maximum absolute atomic E-state index is 5.91. The van der Waals surface area contributed by atoms with E-state index in [4.69, 9.17) is 22.7 Å². The summed E-state index contributed by atoms with van der Waals surface area (Å²) in [7, 11) is 0. The number of hydrogen-bond acceptors (Lipinski definition) is 3. The molecule has 0 saturated carbocycles. The Labute approximate surface area is 128 Å². The van der Waals surface area contributed by atoms with E-state index >= 15 is 0 Å². The second kappa shape index (κ2) is 5.85. The second-order valence-corrected chi connectivity index (χ2v) is 6.25. The van der Waals surface area contributed by atoms with Crippen molar-refractivity contribution >= 4 is 29.0 Å². The minimum atomic E-state index is 0.400. The van der Waals surface area contributed by atoms with Crippen LogP contribution in [0.5, 0.6) is 5.75 Å². The molecule has 0 amide bonds. The smallest absolute Gasteiger partial charge is 0.120 e. The van der Waals surface area contributed by atoms with Crippen molar-refractivity contribution in [1.82, 2.24) is 0 Å². The number of benzene rings is 2. The number of fused-ring (bicyclic) bond motifs is 1. The number of thioether (sulfide) groups is 1. The maximum atomic E-state index is 5.91. The number of ether oxygens (including phenoxy) is 1. The summed E-state index contributed by atoms with van der Waals surface area (Å²) < 4.78 is 5.91. The van der Waals surface area contributed by atoms with Gasteiger partial charge in [0.1, 0.15) is 10.7 Å². The third kappa shape index (κ3) is 2.81.